The average molecular weight is 283 g/mol. The molecule has 0 saturated heterocycles. The molecule has 0 aliphatic rings. The second-order valence-corrected chi connectivity index (χ2v) is 5.51. The van der Waals surface area contributed by atoms with Gasteiger partial charge in [-0.25, -0.2) is 4.39 Å². The molecular formula is C14H16ClFN2O. The van der Waals surface area contributed by atoms with Crippen LogP contribution in [0, 0.1) is 5.82 Å². The van der Waals surface area contributed by atoms with Crippen LogP contribution < -0.4 is 5.73 Å². The van der Waals surface area contributed by atoms with E-state index in [9.17, 15) is 4.39 Å². The minimum Gasteiger partial charge on any atom is -0.367 e. The standard InChI is InChI=1S/C14H16ClFN2O/c1-4-14(2,3)12-11(13(17)19-18-12)10-8(15)6-5-7-9(10)16/h5-7H,4,17H2,1-3H3. The molecule has 1 heterocycles. The molecule has 0 unspecified atom stereocenters. The molecule has 2 rings (SSSR count). The minimum absolute atomic E-state index is 0.0866. The molecule has 0 amide bonds. The molecular weight excluding hydrogens is 267 g/mol. The van der Waals surface area contributed by atoms with E-state index in [2.05, 4.69) is 5.16 Å². The summed E-state index contributed by atoms with van der Waals surface area (Å²) in [6.07, 6.45) is 0.818. The highest BCUT2D eigenvalue weighted by molar-refractivity contribution is 6.33. The highest BCUT2D eigenvalue weighted by Gasteiger charge is 2.31. The zero-order valence-electron chi connectivity index (χ0n) is 11.1. The van der Waals surface area contributed by atoms with Crippen molar-refractivity contribution in [3.05, 3.63) is 34.7 Å². The van der Waals surface area contributed by atoms with Gasteiger partial charge in [0.1, 0.15) is 5.82 Å². The number of nitrogens with two attached hydrogens (primary N) is 1. The lowest BCUT2D eigenvalue weighted by atomic mass is 9.82. The Balaban J connectivity index is 2.73. The molecule has 0 aliphatic carbocycles. The van der Waals surface area contributed by atoms with Crippen molar-refractivity contribution >= 4 is 17.5 Å². The van der Waals surface area contributed by atoms with Crippen molar-refractivity contribution in [3.63, 3.8) is 0 Å². The molecule has 0 aliphatic heterocycles. The van der Waals surface area contributed by atoms with Gasteiger partial charge in [-0.1, -0.05) is 43.6 Å². The van der Waals surface area contributed by atoms with Crippen molar-refractivity contribution in [2.75, 3.05) is 5.73 Å². The van der Waals surface area contributed by atoms with Crippen LogP contribution in [0.3, 0.4) is 0 Å². The van der Waals surface area contributed by atoms with Gasteiger partial charge >= 0.3 is 0 Å². The predicted molar refractivity (Wildman–Crippen MR) is 74.6 cm³/mol. The zero-order valence-corrected chi connectivity index (χ0v) is 11.9. The first kappa shape index (κ1) is 13.9. The SMILES string of the molecule is CCC(C)(C)c1noc(N)c1-c1c(F)cccc1Cl. The largest absolute Gasteiger partial charge is 0.367 e. The fourth-order valence-corrected chi connectivity index (χ4v) is 2.17. The van der Waals surface area contributed by atoms with E-state index in [1.165, 1.54) is 6.07 Å². The summed E-state index contributed by atoms with van der Waals surface area (Å²) in [5.41, 5.74) is 6.86. The summed E-state index contributed by atoms with van der Waals surface area (Å²) in [5, 5.41) is 4.29. The maximum atomic E-state index is 14.1. The number of aromatic nitrogens is 1. The van der Waals surface area contributed by atoms with Gasteiger partial charge in [0.2, 0.25) is 5.88 Å². The van der Waals surface area contributed by atoms with Crippen molar-refractivity contribution in [3.8, 4) is 11.1 Å². The third kappa shape index (κ3) is 2.32. The quantitative estimate of drug-likeness (QED) is 0.907. The van der Waals surface area contributed by atoms with Crippen LogP contribution in [0.15, 0.2) is 22.7 Å². The maximum Gasteiger partial charge on any atom is 0.230 e. The predicted octanol–water partition coefficient (Wildman–Crippen LogP) is 4.40. The number of benzene rings is 1. The highest BCUT2D eigenvalue weighted by atomic mass is 35.5. The van der Waals surface area contributed by atoms with Crippen molar-refractivity contribution in [1.29, 1.82) is 0 Å². The molecule has 2 aromatic rings. The van der Waals surface area contributed by atoms with Crippen molar-refractivity contribution in [2.24, 2.45) is 0 Å². The second kappa shape index (κ2) is 4.85. The Morgan fingerprint density at radius 2 is 2.05 bits per heavy atom. The first-order chi connectivity index (χ1) is 8.88. The highest BCUT2D eigenvalue weighted by Crippen LogP contribution is 2.42. The lowest BCUT2D eigenvalue weighted by Gasteiger charge is -2.21. The molecule has 2 N–H and O–H groups in total. The smallest absolute Gasteiger partial charge is 0.230 e. The van der Waals surface area contributed by atoms with Crippen LogP contribution in [0.1, 0.15) is 32.9 Å². The number of rotatable bonds is 3. The molecule has 0 spiro atoms. The average Bonchev–Trinajstić information content (AvgIpc) is 2.72. The Morgan fingerprint density at radius 3 is 2.63 bits per heavy atom. The fraction of sp³-hybridized carbons (Fsp3) is 0.357. The van der Waals surface area contributed by atoms with E-state index in [-0.39, 0.29) is 16.9 Å². The van der Waals surface area contributed by atoms with Gasteiger partial charge in [0.05, 0.1) is 16.3 Å². The molecule has 1 aromatic heterocycles. The molecule has 0 radical (unpaired) electrons. The molecule has 0 atom stereocenters. The topological polar surface area (TPSA) is 52.0 Å². The zero-order chi connectivity index (χ0) is 14.2. The number of nitrogens with zero attached hydrogens (tertiary/aromatic N) is 1. The second-order valence-electron chi connectivity index (χ2n) is 5.10. The van der Waals surface area contributed by atoms with Crippen LogP contribution in [-0.4, -0.2) is 5.16 Å². The van der Waals surface area contributed by atoms with E-state index in [1.54, 1.807) is 12.1 Å². The molecule has 102 valence electrons. The van der Waals surface area contributed by atoms with Crippen molar-refractivity contribution in [2.45, 2.75) is 32.6 Å². The van der Waals surface area contributed by atoms with Gasteiger partial charge in [-0.05, 0) is 18.6 Å². The van der Waals surface area contributed by atoms with Gasteiger partial charge in [-0.2, -0.15) is 0 Å². The Hall–Kier alpha value is -1.55. The Bertz CT molecular complexity index is 587. The fourth-order valence-electron chi connectivity index (χ4n) is 1.91. The minimum atomic E-state index is -0.435. The summed E-state index contributed by atoms with van der Waals surface area (Å²) in [5.74, 6) is -0.348. The van der Waals surface area contributed by atoms with Crippen LogP contribution >= 0.6 is 11.6 Å². The van der Waals surface area contributed by atoms with E-state index < -0.39 is 5.82 Å². The van der Waals surface area contributed by atoms with Crippen LogP contribution in [0.25, 0.3) is 11.1 Å². The normalized spacial score (nSPS) is 11.8. The number of halogens is 2. The summed E-state index contributed by atoms with van der Waals surface area (Å²) in [7, 11) is 0. The number of nitrogen functional groups attached to an aromatic ring is 1. The van der Waals surface area contributed by atoms with Crippen molar-refractivity contribution in [1.82, 2.24) is 5.16 Å². The number of anilines is 1. The molecule has 0 fully saturated rings. The molecule has 19 heavy (non-hydrogen) atoms. The van der Waals surface area contributed by atoms with Gasteiger partial charge in [0, 0.05) is 11.0 Å². The van der Waals surface area contributed by atoms with Gasteiger partial charge in [0.15, 0.2) is 0 Å². The van der Waals surface area contributed by atoms with Gasteiger partial charge < -0.3 is 10.3 Å². The van der Waals surface area contributed by atoms with Crippen LogP contribution in [0.2, 0.25) is 5.02 Å². The van der Waals surface area contributed by atoms with E-state index in [4.69, 9.17) is 21.9 Å². The third-order valence-corrected chi connectivity index (χ3v) is 3.77. The first-order valence-corrected chi connectivity index (χ1v) is 6.46. The Morgan fingerprint density at radius 1 is 1.37 bits per heavy atom. The number of hydrogen-bond acceptors (Lipinski definition) is 3. The van der Waals surface area contributed by atoms with Crippen LogP contribution in [-0.2, 0) is 5.41 Å². The van der Waals surface area contributed by atoms with E-state index in [0.29, 0.717) is 16.3 Å². The first-order valence-electron chi connectivity index (χ1n) is 6.08. The molecule has 0 saturated carbocycles. The summed E-state index contributed by atoms with van der Waals surface area (Å²) in [6, 6.07) is 4.51. The van der Waals surface area contributed by atoms with Gasteiger partial charge in [0.25, 0.3) is 0 Å². The lowest BCUT2D eigenvalue weighted by Crippen LogP contribution is -2.17. The summed E-state index contributed by atoms with van der Waals surface area (Å²) < 4.78 is 19.1. The van der Waals surface area contributed by atoms with Gasteiger partial charge in [-0.15, -0.1) is 0 Å². The summed E-state index contributed by atoms with van der Waals surface area (Å²) >= 11 is 6.09. The summed E-state index contributed by atoms with van der Waals surface area (Å²) in [6.45, 7) is 6.03. The van der Waals surface area contributed by atoms with E-state index >= 15 is 0 Å². The van der Waals surface area contributed by atoms with E-state index in [1.807, 2.05) is 20.8 Å². The monoisotopic (exact) mass is 282 g/mol. The van der Waals surface area contributed by atoms with Crippen LogP contribution in [0.5, 0.6) is 0 Å². The third-order valence-electron chi connectivity index (χ3n) is 3.46. The molecule has 5 heteroatoms. The maximum absolute atomic E-state index is 14.1. The number of hydrogen-bond donors (Lipinski definition) is 1. The van der Waals surface area contributed by atoms with Gasteiger partial charge in [-0.3, -0.25) is 0 Å². The molecule has 3 nitrogen and oxygen atoms in total. The summed E-state index contributed by atoms with van der Waals surface area (Å²) in [4.78, 5) is 0. The Labute approximate surface area is 116 Å². The van der Waals surface area contributed by atoms with Crippen molar-refractivity contribution < 1.29 is 8.91 Å². The van der Waals surface area contributed by atoms with Crippen LogP contribution in [0.4, 0.5) is 10.3 Å². The Kier molecular flexibility index (Phi) is 3.54. The molecule has 1 aromatic carbocycles. The van der Waals surface area contributed by atoms with E-state index in [0.717, 1.165) is 6.42 Å². The lowest BCUT2D eigenvalue weighted by molar-refractivity contribution is 0.391. The molecule has 0 bridgehead atoms.